The molecule has 1 radical (unpaired) electrons. The van der Waals surface area contributed by atoms with Crippen molar-refractivity contribution in [3.8, 4) is 0 Å². The van der Waals surface area contributed by atoms with Crippen molar-refractivity contribution in [3.05, 3.63) is 0 Å². The van der Waals surface area contributed by atoms with Gasteiger partial charge in [-0.3, -0.25) is 4.79 Å². The Hall–Kier alpha value is -0.330. The van der Waals surface area contributed by atoms with Gasteiger partial charge in [0.1, 0.15) is 0 Å². The molecule has 1 atom stereocenters. The normalized spacial score (nSPS) is 12.8. The summed E-state index contributed by atoms with van der Waals surface area (Å²) in [5.41, 5.74) is 0. The maximum atomic E-state index is 10.1. The molecule has 0 aromatic rings. The number of hydrogen-bond donors (Lipinski definition) is 0. The molecule has 0 fully saturated rings. The standard InChI is InChI=1S/C11H21O/c1-3-4-5-6-7-8-9-11(2)10-12/h11H,3-9H2,1-2H3/t11-/m1/s1. The Bertz CT molecular complexity index is 99.2. The predicted octanol–water partition coefficient (Wildman–Crippen LogP) is 3.48. The number of hydrogen-bond acceptors (Lipinski definition) is 1. The van der Waals surface area contributed by atoms with E-state index >= 15 is 0 Å². The van der Waals surface area contributed by atoms with Gasteiger partial charge in [0.25, 0.3) is 0 Å². The monoisotopic (exact) mass is 169 g/mol. The Morgan fingerprint density at radius 1 is 1.08 bits per heavy atom. The van der Waals surface area contributed by atoms with Gasteiger partial charge in [-0.05, 0) is 6.42 Å². The minimum atomic E-state index is 0.149. The largest absolute Gasteiger partial charge is 0.291 e. The summed E-state index contributed by atoms with van der Waals surface area (Å²) in [6, 6.07) is 0. The highest BCUT2D eigenvalue weighted by atomic mass is 16.1. The van der Waals surface area contributed by atoms with E-state index in [0.29, 0.717) is 0 Å². The van der Waals surface area contributed by atoms with Gasteiger partial charge in [-0.2, -0.15) is 0 Å². The van der Waals surface area contributed by atoms with Crippen LogP contribution >= 0.6 is 0 Å². The van der Waals surface area contributed by atoms with Crippen molar-refractivity contribution in [1.82, 2.24) is 0 Å². The number of rotatable bonds is 8. The molecule has 0 aromatic carbocycles. The molecule has 0 spiro atoms. The summed E-state index contributed by atoms with van der Waals surface area (Å²) in [6.45, 7) is 4.17. The van der Waals surface area contributed by atoms with Gasteiger partial charge in [0.2, 0.25) is 6.29 Å². The third-order valence-electron chi connectivity index (χ3n) is 2.19. The zero-order chi connectivity index (χ0) is 9.23. The number of unbranched alkanes of at least 4 members (excludes halogenated alkanes) is 5. The van der Waals surface area contributed by atoms with Crippen LogP contribution in [0.25, 0.3) is 0 Å². The van der Waals surface area contributed by atoms with Gasteiger partial charge >= 0.3 is 0 Å². The Balaban J connectivity index is 2.95. The maximum Gasteiger partial charge on any atom is 0.201 e. The second kappa shape index (κ2) is 8.76. The van der Waals surface area contributed by atoms with Crippen LogP contribution in [0.15, 0.2) is 0 Å². The van der Waals surface area contributed by atoms with Crippen LogP contribution < -0.4 is 0 Å². The highest BCUT2D eigenvalue weighted by Gasteiger charge is 1.99. The van der Waals surface area contributed by atoms with Crippen molar-refractivity contribution >= 4 is 6.29 Å². The molecule has 0 saturated carbocycles. The molecular weight excluding hydrogens is 148 g/mol. The van der Waals surface area contributed by atoms with Gasteiger partial charge < -0.3 is 0 Å². The SMILES string of the molecule is CCCCCCCC[C@@H](C)[C]=O. The number of carbonyl (C=O) groups excluding carboxylic acids is 1. The average molecular weight is 169 g/mol. The van der Waals surface area contributed by atoms with Gasteiger partial charge in [-0.25, -0.2) is 0 Å². The first-order valence-corrected chi connectivity index (χ1v) is 5.19. The summed E-state index contributed by atoms with van der Waals surface area (Å²) >= 11 is 0. The molecule has 0 aliphatic carbocycles. The molecule has 1 nitrogen and oxygen atoms in total. The van der Waals surface area contributed by atoms with E-state index in [1.54, 1.807) is 0 Å². The van der Waals surface area contributed by atoms with Crippen LogP contribution in [0.3, 0.4) is 0 Å². The van der Waals surface area contributed by atoms with E-state index in [4.69, 9.17) is 0 Å². The van der Waals surface area contributed by atoms with Crippen molar-refractivity contribution in [2.45, 2.75) is 58.8 Å². The summed E-state index contributed by atoms with van der Waals surface area (Å²) in [4.78, 5) is 10.1. The summed E-state index contributed by atoms with van der Waals surface area (Å²) in [7, 11) is 0. The molecule has 12 heavy (non-hydrogen) atoms. The molecule has 1 heteroatoms. The van der Waals surface area contributed by atoms with E-state index in [9.17, 15) is 4.79 Å². The van der Waals surface area contributed by atoms with Crippen LogP contribution in [-0.4, -0.2) is 6.29 Å². The Morgan fingerprint density at radius 2 is 1.67 bits per heavy atom. The highest BCUT2D eigenvalue weighted by Crippen LogP contribution is 2.10. The van der Waals surface area contributed by atoms with Crippen LogP contribution in [0.5, 0.6) is 0 Å². The Morgan fingerprint density at radius 3 is 2.25 bits per heavy atom. The Kier molecular flexibility index (Phi) is 8.52. The minimum Gasteiger partial charge on any atom is -0.291 e. The van der Waals surface area contributed by atoms with Gasteiger partial charge in [0.15, 0.2) is 0 Å². The first-order chi connectivity index (χ1) is 5.81. The van der Waals surface area contributed by atoms with E-state index in [1.807, 2.05) is 13.2 Å². The third-order valence-corrected chi connectivity index (χ3v) is 2.19. The van der Waals surface area contributed by atoms with E-state index in [0.717, 1.165) is 6.42 Å². The van der Waals surface area contributed by atoms with Crippen LogP contribution in [-0.2, 0) is 4.79 Å². The molecule has 0 rings (SSSR count). The molecule has 0 aliphatic heterocycles. The molecule has 0 unspecified atom stereocenters. The van der Waals surface area contributed by atoms with Crippen LogP contribution in [0.2, 0.25) is 0 Å². The lowest BCUT2D eigenvalue weighted by molar-refractivity contribution is 0.501. The van der Waals surface area contributed by atoms with Crippen LogP contribution in [0.1, 0.15) is 58.8 Å². The second-order valence-electron chi connectivity index (χ2n) is 3.58. The van der Waals surface area contributed by atoms with Crippen LogP contribution in [0.4, 0.5) is 0 Å². The molecule has 0 amide bonds. The molecular formula is C11H21O. The quantitative estimate of drug-likeness (QED) is 0.508. The lowest BCUT2D eigenvalue weighted by atomic mass is 10.0. The first-order valence-electron chi connectivity index (χ1n) is 5.19. The molecule has 0 heterocycles. The second-order valence-corrected chi connectivity index (χ2v) is 3.58. The average Bonchev–Trinajstić information content (AvgIpc) is 2.10. The maximum absolute atomic E-state index is 10.1. The third kappa shape index (κ3) is 7.77. The van der Waals surface area contributed by atoms with Crippen molar-refractivity contribution in [3.63, 3.8) is 0 Å². The molecule has 0 N–H and O–H groups in total. The fraction of sp³-hybridized carbons (Fsp3) is 0.909. The van der Waals surface area contributed by atoms with Crippen LogP contribution in [0, 0.1) is 5.92 Å². The van der Waals surface area contributed by atoms with E-state index in [-0.39, 0.29) is 5.92 Å². The van der Waals surface area contributed by atoms with Crippen molar-refractivity contribution < 1.29 is 4.79 Å². The summed E-state index contributed by atoms with van der Waals surface area (Å²) in [5, 5.41) is 0. The van der Waals surface area contributed by atoms with Gasteiger partial charge in [-0.1, -0.05) is 52.4 Å². The first kappa shape index (κ1) is 11.7. The molecule has 0 saturated heterocycles. The molecule has 71 valence electrons. The summed E-state index contributed by atoms with van der Waals surface area (Å²) < 4.78 is 0. The fourth-order valence-electron chi connectivity index (χ4n) is 1.29. The zero-order valence-electron chi connectivity index (χ0n) is 8.44. The fourth-order valence-corrected chi connectivity index (χ4v) is 1.29. The smallest absolute Gasteiger partial charge is 0.201 e. The van der Waals surface area contributed by atoms with Crippen molar-refractivity contribution in [2.24, 2.45) is 5.92 Å². The molecule has 0 aromatic heterocycles. The predicted molar refractivity (Wildman–Crippen MR) is 52.9 cm³/mol. The van der Waals surface area contributed by atoms with E-state index in [1.165, 1.54) is 38.5 Å². The lowest BCUT2D eigenvalue weighted by Crippen LogP contribution is -1.94. The van der Waals surface area contributed by atoms with Crippen molar-refractivity contribution in [1.29, 1.82) is 0 Å². The summed E-state index contributed by atoms with van der Waals surface area (Å²) in [6.07, 6.45) is 10.9. The van der Waals surface area contributed by atoms with Gasteiger partial charge in [-0.15, -0.1) is 0 Å². The summed E-state index contributed by atoms with van der Waals surface area (Å²) in [5.74, 6) is 0.149. The highest BCUT2D eigenvalue weighted by molar-refractivity contribution is 5.53. The van der Waals surface area contributed by atoms with E-state index in [2.05, 4.69) is 6.92 Å². The van der Waals surface area contributed by atoms with Gasteiger partial charge in [0, 0.05) is 5.92 Å². The zero-order valence-corrected chi connectivity index (χ0v) is 8.44. The van der Waals surface area contributed by atoms with Gasteiger partial charge in [0.05, 0.1) is 0 Å². The van der Waals surface area contributed by atoms with Crippen molar-refractivity contribution in [2.75, 3.05) is 0 Å². The molecule has 0 bridgehead atoms. The lowest BCUT2D eigenvalue weighted by Gasteiger charge is -2.01. The molecule has 0 aliphatic rings. The van der Waals surface area contributed by atoms with E-state index < -0.39 is 0 Å². The minimum absolute atomic E-state index is 0.149. The topological polar surface area (TPSA) is 17.1 Å². The Labute approximate surface area is 76.6 Å².